The third-order valence-corrected chi connectivity index (χ3v) is 3.14. The van der Waals surface area contributed by atoms with Crippen LogP contribution in [0.4, 0.5) is 5.69 Å². The van der Waals surface area contributed by atoms with Crippen LogP contribution >= 0.6 is 15.9 Å². The summed E-state index contributed by atoms with van der Waals surface area (Å²) >= 11 is 3.42. The Bertz CT molecular complexity index is 401. The molecule has 2 nitrogen and oxygen atoms in total. The second kappa shape index (κ2) is 6.20. The van der Waals surface area contributed by atoms with Crippen LogP contribution in [0.5, 0.6) is 0 Å². The molecule has 0 unspecified atom stereocenters. The summed E-state index contributed by atoms with van der Waals surface area (Å²) in [4.78, 5) is 13.9. The molecule has 1 rings (SSSR count). The molecule has 0 saturated carbocycles. The van der Waals surface area contributed by atoms with E-state index >= 15 is 0 Å². The van der Waals surface area contributed by atoms with Crippen molar-refractivity contribution in [3.63, 3.8) is 0 Å². The van der Waals surface area contributed by atoms with E-state index in [2.05, 4.69) is 41.6 Å². The van der Waals surface area contributed by atoms with Crippen molar-refractivity contribution in [2.45, 2.75) is 27.7 Å². The average Bonchev–Trinajstić information content (AvgIpc) is 2.25. The molecule has 0 radical (unpaired) electrons. The SMILES string of the molecule is CCN(CC(C)C)c1ccc(Br)cc1C(C)=O. The molecule has 0 saturated heterocycles. The lowest BCUT2D eigenvalue weighted by atomic mass is 10.1. The molecule has 1 aromatic carbocycles. The first kappa shape index (κ1) is 14.2. The largest absolute Gasteiger partial charge is 0.371 e. The lowest BCUT2D eigenvalue weighted by Gasteiger charge is -2.27. The van der Waals surface area contributed by atoms with Gasteiger partial charge in [-0.25, -0.2) is 0 Å². The molecule has 0 bridgehead atoms. The fourth-order valence-corrected chi connectivity index (χ4v) is 2.27. The lowest BCUT2D eigenvalue weighted by Crippen LogP contribution is -2.28. The van der Waals surface area contributed by atoms with E-state index in [0.29, 0.717) is 5.92 Å². The summed E-state index contributed by atoms with van der Waals surface area (Å²) in [5.41, 5.74) is 1.83. The first-order chi connectivity index (χ1) is 7.95. The normalized spacial score (nSPS) is 10.7. The zero-order valence-electron chi connectivity index (χ0n) is 11.0. The van der Waals surface area contributed by atoms with Gasteiger partial charge in [-0.1, -0.05) is 29.8 Å². The van der Waals surface area contributed by atoms with Crippen molar-refractivity contribution < 1.29 is 4.79 Å². The third-order valence-electron chi connectivity index (χ3n) is 2.65. The number of ketones is 1. The molecule has 0 spiro atoms. The Balaban J connectivity index is 3.14. The molecule has 0 aliphatic rings. The van der Waals surface area contributed by atoms with E-state index in [1.807, 2.05) is 18.2 Å². The number of halogens is 1. The molecule has 0 aliphatic heterocycles. The molecule has 17 heavy (non-hydrogen) atoms. The minimum atomic E-state index is 0.114. The zero-order chi connectivity index (χ0) is 13.0. The maximum Gasteiger partial charge on any atom is 0.161 e. The average molecular weight is 298 g/mol. The topological polar surface area (TPSA) is 20.3 Å². The Labute approximate surface area is 112 Å². The minimum absolute atomic E-state index is 0.114. The monoisotopic (exact) mass is 297 g/mol. The summed E-state index contributed by atoms with van der Waals surface area (Å²) in [5, 5.41) is 0. The molecule has 0 aliphatic carbocycles. The first-order valence-corrected chi connectivity index (χ1v) is 6.80. The highest BCUT2D eigenvalue weighted by Gasteiger charge is 2.14. The second-order valence-electron chi connectivity index (χ2n) is 4.65. The minimum Gasteiger partial charge on any atom is -0.371 e. The molecular formula is C14H20BrNO. The quantitative estimate of drug-likeness (QED) is 0.762. The first-order valence-electron chi connectivity index (χ1n) is 6.01. The number of hydrogen-bond acceptors (Lipinski definition) is 2. The van der Waals surface area contributed by atoms with E-state index in [1.165, 1.54) is 0 Å². The van der Waals surface area contributed by atoms with Gasteiger partial charge >= 0.3 is 0 Å². The van der Waals surface area contributed by atoms with Crippen LogP contribution in [0.2, 0.25) is 0 Å². The van der Waals surface area contributed by atoms with Gasteiger partial charge < -0.3 is 4.90 Å². The summed E-state index contributed by atoms with van der Waals surface area (Å²) in [7, 11) is 0. The van der Waals surface area contributed by atoms with Crippen molar-refractivity contribution in [1.82, 2.24) is 0 Å². The Morgan fingerprint density at radius 3 is 2.53 bits per heavy atom. The Kier molecular flexibility index (Phi) is 5.19. The van der Waals surface area contributed by atoms with E-state index in [9.17, 15) is 4.79 Å². The molecule has 3 heteroatoms. The van der Waals surface area contributed by atoms with Gasteiger partial charge in [0.1, 0.15) is 0 Å². The van der Waals surface area contributed by atoms with E-state index < -0.39 is 0 Å². The number of nitrogens with zero attached hydrogens (tertiary/aromatic N) is 1. The maximum atomic E-state index is 11.7. The van der Waals surface area contributed by atoms with Crippen molar-refractivity contribution in [3.8, 4) is 0 Å². The van der Waals surface area contributed by atoms with Crippen LogP contribution in [-0.2, 0) is 0 Å². The molecule has 0 heterocycles. The number of rotatable bonds is 5. The molecule has 0 N–H and O–H groups in total. The van der Waals surface area contributed by atoms with Crippen molar-refractivity contribution in [2.24, 2.45) is 5.92 Å². The van der Waals surface area contributed by atoms with E-state index in [4.69, 9.17) is 0 Å². The fourth-order valence-electron chi connectivity index (χ4n) is 1.90. The summed E-state index contributed by atoms with van der Waals surface area (Å²) in [6.07, 6.45) is 0. The molecule has 0 atom stereocenters. The summed E-state index contributed by atoms with van der Waals surface area (Å²) in [6, 6.07) is 5.91. The van der Waals surface area contributed by atoms with Gasteiger partial charge in [0.05, 0.1) is 0 Å². The summed E-state index contributed by atoms with van der Waals surface area (Å²) in [5.74, 6) is 0.696. The fraction of sp³-hybridized carbons (Fsp3) is 0.500. The number of hydrogen-bond donors (Lipinski definition) is 0. The Hall–Kier alpha value is -0.830. The molecular weight excluding hydrogens is 278 g/mol. The van der Waals surface area contributed by atoms with E-state index in [1.54, 1.807) is 6.92 Å². The van der Waals surface area contributed by atoms with Crippen LogP contribution in [-0.4, -0.2) is 18.9 Å². The van der Waals surface area contributed by atoms with Crippen molar-refractivity contribution in [2.75, 3.05) is 18.0 Å². The number of carbonyl (C=O) groups is 1. The molecule has 0 aromatic heterocycles. The van der Waals surface area contributed by atoms with Crippen molar-refractivity contribution in [3.05, 3.63) is 28.2 Å². The highest BCUT2D eigenvalue weighted by molar-refractivity contribution is 9.10. The smallest absolute Gasteiger partial charge is 0.161 e. The van der Waals surface area contributed by atoms with Gasteiger partial charge in [-0.3, -0.25) is 4.79 Å². The number of anilines is 1. The Morgan fingerprint density at radius 1 is 1.41 bits per heavy atom. The lowest BCUT2D eigenvalue weighted by molar-refractivity contribution is 0.101. The highest BCUT2D eigenvalue weighted by atomic mass is 79.9. The number of benzene rings is 1. The van der Waals surface area contributed by atoms with Gasteiger partial charge in [0.25, 0.3) is 0 Å². The number of carbonyl (C=O) groups excluding carboxylic acids is 1. The highest BCUT2D eigenvalue weighted by Crippen LogP contribution is 2.25. The maximum absolute atomic E-state index is 11.7. The van der Waals surface area contributed by atoms with Crippen LogP contribution in [0.25, 0.3) is 0 Å². The van der Waals surface area contributed by atoms with E-state index in [-0.39, 0.29) is 5.78 Å². The van der Waals surface area contributed by atoms with Gasteiger partial charge in [0.2, 0.25) is 0 Å². The molecule has 0 amide bonds. The van der Waals surface area contributed by atoms with E-state index in [0.717, 1.165) is 28.8 Å². The molecule has 0 fully saturated rings. The zero-order valence-corrected chi connectivity index (χ0v) is 12.5. The summed E-state index contributed by atoms with van der Waals surface area (Å²) in [6.45, 7) is 10.0. The van der Waals surface area contributed by atoms with Crippen LogP contribution in [0, 0.1) is 5.92 Å². The van der Waals surface area contributed by atoms with Crippen LogP contribution in [0.15, 0.2) is 22.7 Å². The van der Waals surface area contributed by atoms with Gasteiger partial charge in [0, 0.05) is 28.8 Å². The Morgan fingerprint density at radius 2 is 2.06 bits per heavy atom. The standard InChI is InChI=1S/C14H20BrNO/c1-5-16(9-10(2)3)14-7-6-12(15)8-13(14)11(4)17/h6-8,10H,5,9H2,1-4H3. The van der Waals surface area contributed by atoms with Crippen LogP contribution in [0.1, 0.15) is 38.1 Å². The third kappa shape index (κ3) is 3.84. The molecule has 1 aromatic rings. The van der Waals surface area contributed by atoms with Crippen LogP contribution < -0.4 is 4.90 Å². The van der Waals surface area contributed by atoms with Gasteiger partial charge in [-0.15, -0.1) is 0 Å². The summed E-state index contributed by atoms with van der Waals surface area (Å²) < 4.78 is 0.951. The van der Waals surface area contributed by atoms with Gasteiger partial charge in [0.15, 0.2) is 5.78 Å². The van der Waals surface area contributed by atoms with Crippen molar-refractivity contribution >= 4 is 27.4 Å². The predicted molar refractivity (Wildman–Crippen MR) is 76.9 cm³/mol. The van der Waals surface area contributed by atoms with Crippen LogP contribution in [0.3, 0.4) is 0 Å². The van der Waals surface area contributed by atoms with Gasteiger partial charge in [-0.2, -0.15) is 0 Å². The predicted octanol–water partition coefficient (Wildman–Crippen LogP) is 4.13. The second-order valence-corrected chi connectivity index (χ2v) is 5.57. The number of Topliss-reactive ketones (excluding diaryl/α,β-unsaturated/α-hetero) is 1. The van der Waals surface area contributed by atoms with Gasteiger partial charge in [-0.05, 0) is 38.0 Å². The van der Waals surface area contributed by atoms with Crippen molar-refractivity contribution in [1.29, 1.82) is 0 Å². The molecule has 94 valence electrons.